The smallest absolute Gasteiger partial charge is 0.253 e. The summed E-state index contributed by atoms with van der Waals surface area (Å²) in [4.78, 5) is 15.9. The summed E-state index contributed by atoms with van der Waals surface area (Å²) in [5.74, 6) is -0.0614. The van der Waals surface area contributed by atoms with E-state index in [1.807, 2.05) is 0 Å². The van der Waals surface area contributed by atoms with Gasteiger partial charge in [-0.3, -0.25) is 4.79 Å². The number of pyridine rings is 1. The van der Waals surface area contributed by atoms with Gasteiger partial charge in [-0.25, -0.2) is 4.98 Å². The summed E-state index contributed by atoms with van der Waals surface area (Å²) < 4.78 is 0. The van der Waals surface area contributed by atoms with Crippen LogP contribution in [-0.2, 0) is 0 Å². The van der Waals surface area contributed by atoms with Crippen molar-refractivity contribution in [1.82, 2.24) is 10.3 Å². The molecule has 0 aliphatic carbocycles. The number of carbonyl (C=O) groups is 1. The van der Waals surface area contributed by atoms with E-state index >= 15 is 0 Å². The number of amides is 1. The van der Waals surface area contributed by atoms with Gasteiger partial charge in [-0.2, -0.15) is 0 Å². The Morgan fingerprint density at radius 3 is 2.67 bits per heavy atom. The van der Waals surface area contributed by atoms with Gasteiger partial charge in [-0.1, -0.05) is 44.7 Å². The fraction of sp³-hybridized carbons (Fsp3) is 0.571. The highest BCUT2D eigenvalue weighted by molar-refractivity contribution is 6.29. The van der Waals surface area contributed by atoms with Gasteiger partial charge >= 0.3 is 0 Å². The molecular weight excluding hydrogens is 248 g/mol. The second-order valence-corrected chi connectivity index (χ2v) is 4.86. The number of nitrogens with one attached hydrogen (secondary N) is 1. The van der Waals surface area contributed by atoms with Crippen LogP contribution in [-0.4, -0.2) is 16.9 Å². The van der Waals surface area contributed by atoms with E-state index < -0.39 is 0 Å². The van der Waals surface area contributed by atoms with Crippen LogP contribution in [0.2, 0.25) is 5.15 Å². The lowest BCUT2D eigenvalue weighted by molar-refractivity contribution is 0.0932. The maximum absolute atomic E-state index is 12.0. The number of aromatic nitrogens is 1. The molecule has 3 nitrogen and oxygen atoms in total. The zero-order valence-corrected chi connectivity index (χ0v) is 11.8. The first-order valence-electron chi connectivity index (χ1n) is 6.59. The van der Waals surface area contributed by atoms with Gasteiger partial charge in [0.1, 0.15) is 5.15 Å². The summed E-state index contributed by atoms with van der Waals surface area (Å²) in [5, 5.41) is 3.47. The van der Waals surface area contributed by atoms with Gasteiger partial charge in [0.2, 0.25) is 0 Å². The highest BCUT2D eigenvalue weighted by atomic mass is 35.5. The number of unbranched alkanes of at least 4 members (excludes halogenated alkanes) is 1. The Morgan fingerprint density at radius 2 is 2.11 bits per heavy atom. The predicted octanol–water partition coefficient (Wildman–Crippen LogP) is 3.82. The Bertz CT molecular complexity index is 365. The number of nitrogens with zero attached hydrogens (tertiary/aromatic N) is 1. The molecular formula is C14H21ClN2O. The lowest BCUT2D eigenvalue weighted by Crippen LogP contribution is -2.34. The summed E-state index contributed by atoms with van der Waals surface area (Å²) in [7, 11) is 0. The molecule has 1 rings (SSSR count). The van der Waals surface area contributed by atoms with Crippen LogP contribution in [0.1, 0.15) is 56.3 Å². The summed E-state index contributed by atoms with van der Waals surface area (Å²) in [6.07, 6.45) is 6.94. The Morgan fingerprint density at radius 1 is 1.33 bits per heavy atom. The number of halogens is 1. The van der Waals surface area contributed by atoms with E-state index in [0.29, 0.717) is 10.7 Å². The Hall–Kier alpha value is -1.09. The third kappa shape index (κ3) is 5.05. The quantitative estimate of drug-likeness (QED) is 0.764. The normalized spacial score (nSPS) is 12.2. The lowest BCUT2D eigenvalue weighted by atomic mass is 10.0. The lowest BCUT2D eigenvalue weighted by Gasteiger charge is -2.17. The number of hydrogen-bond acceptors (Lipinski definition) is 2. The SMILES string of the molecule is CCCCC(CCC)NC(=O)c1ccc(Cl)nc1. The summed E-state index contributed by atoms with van der Waals surface area (Å²) in [5.41, 5.74) is 0.567. The van der Waals surface area contributed by atoms with Crippen LogP contribution in [0.5, 0.6) is 0 Å². The van der Waals surface area contributed by atoms with E-state index in [0.717, 1.165) is 32.1 Å². The maximum atomic E-state index is 12.0. The van der Waals surface area contributed by atoms with Gasteiger partial charge < -0.3 is 5.32 Å². The third-order valence-electron chi connectivity index (χ3n) is 2.87. The molecule has 1 N–H and O–H groups in total. The molecule has 0 saturated heterocycles. The summed E-state index contributed by atoms with van der Waals surface area (Å²) in [6.45, 7) is 4.29. The zero-order valence-electron chi connectivity index (χ0n) is 11.1. The molecule has 1 heterocycles. The molecule has 18 heavy (non-hydrogen) atoms. The highest BCUT2D eigenvalue weighted by Crippen LogP contribution is 2.09. The predicted molar refractivity (Wildman–Crippen MR) is 74.9 cm³/mol. The Labute approximate surface area is 114 Å². The summed E-state index contributed by atoms with van der Waals surface area (Å²) in [6, 6.07) is 3.60. The van der Waals surface area contributed by atoms with Crippen molar-refractivity contribution in [3.8, 4) is 0 Å². The van der Waals surface area contributed by atoms with Crippen LogP contribution in [0.3, 0.4) is 0 Å². The minimum atomic E-state index is -0.0614. The average molecular weight is 269 g/mol. The van der Waals surface area contributed by atoms with Gasteiger partial charge in [-0.05, 0) is 25.0 Å². The van der Waals surface area contributed by atoms with Crippen LogP contribution in [0.25, 0.3) is 0 Å². The number of rotatable bonds is 7. The molecule has 4 heteroatoms. The fourth-order valence-corrected chi connectivity index (χ4v) is 1.98. The van der Waals surface area contributed by atoms with E-state index in [-0.39, 0.29) is 11.9 Å². The number of carbonyl (C=O) groups excluding carboxylic acids is 1. The minimum absolute atomic E-state index is 0.0614. The molecule has 0 radical (unpaired) electrons. The van der Waals surface area contributed by atoms with Crippen LogP contribution in [0, 0.1) is 0 Å². The van der Waals surface area contributed by atoms with Crippen molar-refractivity contribution in [3.05, 3.63) is 29.0 Å². The van der Waals surface area contributed by atoms with Gasteiger partial charge in [0.25, 0.3) is 5.91 Å². The van der Waals surface area contributed by atoms with Crippen molar-refractivity contribution in [1.29, 1.82) is 0 Å². The third-order valence-corrected chi connectivity index (χ3v) is 3.09. The van der Waals surface area contributed by atoms with E-state index in [4.69, 9.17) is 11.6 Å². The molecule has 1 amide bonds. The maximum Gasteiger partial charge on any atom is 0.253 e. The Kier molecular flexibility index (Phi) is 6.73. The molecule has 0 aliphatic heterocycles. The van der Waals surface area contributed by atoms with E-state index in [2.05, 4.69) is 24.1 Å². The molecule has 1 aromatic heterocycles. The number of hydrogen-bond donors (Lipinski definition) is 1. The highest BCUT2D eigenvalue weighted by Gasteiger charge is 2.12. The van der Waals surface area contributed by atoms with Gasteiger partial charge in [0.15, 0.2) is 0 Å². The molecule has 0 aliphatic rings. The molecule has 1 atom stereocenters. The largest absolute Gasteiger partial charge is 0.349 e. The minimum Gasteiger partial charge on any atom is -0.349 e. The van der Waals surface area contributed by atoms with Crippen molar-refractivity contribution in [2.24, 2.45) is 0 Å². The zero-order chi connectivity index (χ0) is 13.4. The fourth-order valence-electron chi connectivity index (χ4n) is 1.87. The van der Waals surface area contributed by atoms with Crippen LogP contribution in [0.4, 0.5) is 0 Å². The molecule has 0 saturated carbocycles. The monoisotopic (exact) mass is 268 g/mol. The van der Waals surface area contributed by atoms with Gasteiger partial charge in [0, 0.05) is 12.2 Å². The second-order valence-electron chi connectivity index (χ2n) is 4.47. The van der Waals surface area contributed by atoms with Crippen molar-refractivity contribution in [3.63, 3.8) is 0 Å². The second kappa shape index (κ2) is 8.09. The van der Waals surface area contributed by atoms with E-state index in [1.165, 1.54) is 6.20 Å². The van der Waals surface area contributed by atoms with Crippen LogP contribution in [0.15, 0.2) is 18.3 Å². The molecule has 1 aromatic rings. The standard InChI is InChI=1S/C14H21ClN2O/c1-3-5-7-12(6-4-2)17-14(18)11-8-9-13(15)16-10-11/h8-10,12H,3-7H2,1-2H3,(H,17,18). The molecule has 100 valence electrons. The van der Waals surface area contributed by atoms with Crippen molar-refractivity contribution in [2.45, 2.75) is 52.0 Å². The molecule has 0 fully saturated rings. The Balaban J connectivity index is 2.56. The molecule has 0 aromatic carbocycles. The molecule has 0 spiro atoms. The van der Waals surface area contributed by atoms with Crippen LogP contribution >= 0.6 is 11.6 Å². The first-order chi connectivity index (χ1) is 8.67. The van der Waals surface area contributed by atoms with Gasteiger partial charge in [-0.15, -0.1) is 0 Å². The first-order valence-corrected chi connectivity index (χ1v) is 6.97. The molecule has 1 unspecified atom stereocenters. The van der Waals surface area contributed by atoms with E-state index in [9.17, 15) is 4.79 Å². The first kappa shape index (κ1) is 15.0. The van der Waals surface area contributed by atoms with Crippen molar-refractivity contribution in [2.75, 3.05) is 0 Å². The van der Waals surface area contributed by atoms with E-state index in [1.54, 1.807) is 12.1 Å². The molecule has 0 bridgehead atoms. The topological polar surface area (TPSA) is 42.0 Å². The van der Waals surface area contributed by atoms with Crippen molar-refractivity contribution < 1.29 is 4.79 Å². The van der Waals surface area contributed by atoms with Crippen LogP contribution < -0.4 is 5.32 Å². The summed E-state index contributed by atoms with van der Waals surface area (Å²) >= 11 is 5.70. The van der Waals surface area contributed by atoms with Crippen molar-refractivity contribution >= 4 is 17.5 Å². The average Bonchev–Trinajstić information content (AvgIpc) is 2.37. The van der Waals surface area contributed by atoms with Gasteiger partial charge in [0.05, 0.1) is 5.56 Å².